The topological polar surface area (TPSA) is 51.9 Å². The van der Waals surface area contributed by atoms with Crippen molar-refractivity contribution in [1.82, 2.24) is 4.90 Å². The van der Waals surface area contributed by atoms with E-state index in [4.69, 9.17) is 13.9 Å². The Morgan fingerprint density at radius 2 is 2.32 bits per heavy atom. The molecule has 0 aliphatic carbocycles. The van der Waals surface area contributed by atoms with E-state index in [1.54, 1.807) is 24.3 Å². The molecule has 0 radical (unpaired) electrons. The Balaban J connectivity index is 2.15. The van der Waals surface area contributed by atoms with Crippen molar-refractivity contribution < 1.29 is 18.7 Å². The molecule has 0 N–H and O–H groups in total. The summed E-state index contributed by atoms with van der Waals surface area (Å²) in [7, 11) is 1.63. The number of aryl methyl sites for hydroxylation is 1. The van der Waals surface area contributed by atoms with Crippen LogP contribution in [0.3, 0.4) is 0 Å². The number of rotatable bonds is 3. The van der Waals surface area contributed by atoms with Crippen molar-refractivity contribution >= 4 is 5.91 Å². The molecular weight excluding hydrogens is 246 g/mol. The summed E-state index contributed by atoms with van der Waals surface area (Å²) >= 11 is 0. The summed E-state index contributed by atoms with van der Waals surface area (Å²) in [5.41, 5.74) is 0.482. The highest BCUT2D eigenvalue weighted by Gasteiger charge is 2.36. The van der Waals surface area contributed by atoms with E-state index in [-0.39, 0.29) is 17.6 Å². The number of amides is 1. The molecule has 0 aromatic carbocycles. The van der Waals surface area contributed by atoms with E-state index >= 15 is 0 Å². The van der Waals surface area contributed by atoms with Gasteiger partial charge in [0.1, 0.15) is 0 Å². The van der Waals surface area contributed by atoms with Gasteiger partial charge in [0.15, 0.2) is 5.76 Å². The van der Waals surface area contributed by atoms with Crippen LogP contribution < -0.4 is 0 Å². The van der Waals surface area contributed by atoms with Crippen molar-refractivity contribution in [2.75, 3.05) is 26.8 Å². The van der Waals surface area contributed by atoms with Crippen molar-refractivity contribution in [3.8, 4) is 0 Å². The monoisotopic (exact) mass is 267 g/mol. The molecule has 1 aromatic rings. The molecule has 1 aliphatic rings. The van der Waals surface area contributed by atoms with Crippen LogP contribution in [-0.2, 0) is 9.47 Å². The van der Waals surface area contributed by atoms with E-state index in [0.29, 0.717) is 25.5 Å². The Morgan fingerprint density at radius 1 is 1.58 bits per heavy atom. The largest absolute Gasteiger partial charge is 0.459 e. The molecule has 106 valence electrons. The number of morpholine rings is 1. The second-order valence-electron chi connectivity index (χ2n) is 5.57. The van der Waals surface area contributed by atoms with Crippen LogP contribution in [0.5, 0.6) is 0 Å². The Hall–Kier alpha value is -1.33. The number of carbonyl (C=O) groups is 1. The van der Waals surface area contributed by atoms with E-state index < -0.39 is 0 Å². The fourth-order valence-corrected chi connectivity index (χ4v) is 2.46. The number of methoxy groups -OCH3 is 1. The Bertz CT molecular complexity index is 452. The van der Waals surface area contributed by atoms with Crippen LogP contribution in [0.4, 0.5) is 0 Å². The molecular formula is C14H21NO4. The van der Waals surface area contributed by atoms with E-state index in [0.717, 1.165) is 5.56 Å². The normalized spacial score (nSPS) is 22.5. The van der Waals surface area contributed by atoms with Crippen LogP contribution >= 0.6 is 0 Å². The van der Waals surface area contributed by atoms with Gasteiger partial charge in [0.2, 0.25) is 0 Å². The summed E-state index contributed by atoms with van der Waals surface area (Å²) in [5.74, 6) is 0.328. The lowest BCUT2D eigenvalue weighted by molar-refractivity contribution is -0.143. The number of hydrogen-bond donors (Lipinski definition) is 0. The summed E-state index contributed by atoms with van der Waals surface area (Å²) in [6, 6.07) is 1.80. The fraction of sp³-hybridized carbons (Fsp3) is 0.643. The summed E-state index contributed by atoms with van der Waals surface area (Å²) in [5, 5.41) is 0. The van der Waals surface area contributed by atoms with Gasteiger partial charge in [0.05, 0.1) is 24.6 Å². The Morgan fingerprint density at radius 3 is 2.89 bits per heavy atom. The van der Waals surface area contributed by atoms with Crippen LogP contribution in [0.15, 0.2) is 16.7 Å². The van der Waals surface area contributed by atoms with Crippen molar-refractivity contribution in [3.63, 3.8) is 0 Å². The first-order valence-electron chi connectivity index (χ1n) is 6.43. The minimum absolute atomic E-state index is 0.0834. The maximum absolute atomic E-state index is 12.5. The summed E-state index contributed by atoms with van der Waals surface area (Å²) in [6.45, 7) is 7.37. The maximum atomic E-state index is 12.5. The lowest BCUT2D eigenvalue weighted by Crippen LogP contribution is -2.55. The van der Waals surface area contributed by atoms with E-state index in [2.05, 4.69) is 0 Å². The molecule has 2 heterocycles. The zero-order chi connectivity index (χ0) is 14.0. The maximum Gasteiger partial charge on any atom is 0.290 e. The number of nitrogens with zero attached hydrogens (tertiary/aromatic N) is 1. The SMILES string of the molecule is COC[C@H]1CN(C(=O)c2occc2C)CC(C)(C)O1. The van der Waals surface area contributed by atoms with Gasteiger partial charge in [0.25, 0.3) is 5.91 Å². The van der Waals surface area contributed by atoms with Gasteiger partial charge in [-0.3, -0.25) is 4.79 Å². The third kappa shape index (κ3) is 3.16. The van der Waals surface area contributed by atoms with Crippen LogP contribution in [0.2, 0.25) is 0 Å². The standard InChI is InChI=1S/C14H21NO4/c1-10-5-6-18-12(10)13(16)15-7-11(8-17-4)19-14(2,3)9-15/h5-6,11H,7-9H2,1-4H3/t11-/m1/s1. The summed E-state index contributed by atoms with van der Waals surface area (Å²) < 4.78 is 16.3. The fourth-order valence-electron chi connectivity index (χ4n) is 2.46. The zero-order valence-electron chi connectivity index (χ0n) is 11.9. The molecule has 0 saturated carbocycles. The molecule has 1 saturated heterocycles. The second-order valence-corrected chi connectivity index (χ2v) is 5.57. The highest BCUT2D eigenvalue weighted by Crippen LogP contribution is 2.23. The van der Waals surface area contributed by atoms with Crippen LogP contribution in [-0.4, -0.2) is 49.3 Å². The van der Waals surface area contributed by atoms with Crippen LogP contribution in [0.25, 0.3) is 0 Å². The highest BCUT2D eigenvalue weighted by molar-refractivity contribution is 5.93. The van der Waals surface area contributed by atoms with Gasteiger partial charge in [0, 0.05) is 25.8 Å². The van der Waals surface area contributed by atoms with E-state index in [1.165, 1.54) is 0 Å². The van der Waals surface area contributed by atoms with Gasteiger partial charge in [-0.1, -0.05) is 0 Å². The molecule has 1 atom stereocenters. The molecule has 0 spiro atoms. The Kier molecular flexibility index (Phi) is 3.96. The molecule has 2 rings (SSSR count). The van der Waals surface area contributed by atoms with Gasteiger partial charge in [-0.2, -0.15) is 0 Å². The van der Waals surface area contributed by atoms with Gasteiger partial charge >= 0.3 is 0 Å². The molecule has 1 aromatic heterocycles. The molecule has 5 heteroatoms. The predicted molar refractivity (Wildman–Crippen MR) is 70.2 cm³/mol. The third-order valence-corrected chi connectivity index (χ3v) is 3.18. The summed E-state index contributed by atoms with van der Waals surface area (Å²) in [4.78, 5) is 14.2. The molecule has 1 aliphatic heterocycles. The van der Waals surface area contributed by atoms with Gasteiger partial charge in [-0.15, -0.1) is 0 Å². The summed E-state index contributed by atoms with van der Waals surface area (Å²) in [6.07, 6.45) is 1.44. The number of carbonyl (C=O) groups excluding carboxylic acids is 1. The van der Waals surface area contributed by atoms with Crippen molar-refractivity contribution in [1.29, 1.82) is 0 Å². The Labute approximate surface area is 113 Å². The number of ether oxygens (including phenoxy) is 2. The molecule has 1 amide bonds. The predicted octanol–water partition coefficient (Wildman–Crippen LogP) is 1.85. The van der Waals surface area contributed by atoms with Crippen molar-refractivity contribution in [3.05, 3.63) is 23.7 Å². The van der Waals surface area contributed by atoms with E-state index in [1.807, 2.05) is 20.8 Å². The van der Waals surface area contributed by atoms with Gasteiger partial charge in [-0.25, -0.2) is 0 Å². The lowest BCUT2D eigenvalue weighted by Gasteiger charge is -2.42. The minimum Gasteiger partial charge on any atom is -0.459 e. The van der Waals surface area contributed by atoms with Gasteiger partial charge < -0.3 is 18.8 Å². The lowest BCUT2D eigenvalue weighted by atomic mass is 10.0. The van der Waals surface area contributed by atoms with Crippen molar-refractivity contribution in [2.24, 2.45) is 0 Å². The molecule has 5 nitrogen and oxygen atoms in total. The minimum atomic E-state index is -0.377. The third-order valence-electron chi connectivity index (χ3n) is 3.18. The number of furan rings is 1. The quantitative estimate of drug-likeness (QED) is 0.838. The first-order valence-corrected chi connectivity index (χ1v) is 6.43. The first kappa shape index (κ1) is 14.1. The average molecular weight is 267 g/mol. The smallest absolute Gasteiger partial charge is 0.290 e. The first-order chi connectivity index (χ1) is 8.93. The molecule has 0 bridgehead atoms. The zero-order valence-corrected chi connectivity index (χ0v) is 11.9. The second kappa shape index (κ2) is 5.35. The van der Waals surface area contributed by atoms with Crippen molar-refractivity contribution in [2.45, 2.75) is 32.5 Å². The number of hydrogen-bond acceptors (Lipinski definition) is 4. The van der Waals surface area contributed by atoms with Crippen LogP contribution in [0, 0.1) is 6.92 Å². The molecule has 0 unspecified atom stereocenters. The van der Waals surface area contributed by atoms with Gasteiger partial charge in [-0.05, 0) is 26.8 Å². The molecule has 19 heavy (non-hydrogen) atoms. The molecule has 1 fully saturated rings. The van der Waals surface area contributed by atoms with E-state index in [9.17, 15) is 4.79 Å². The highest BCUT2D eigenvalue weighted by atomic mass is 16.5. The average Bonchev–Trinajstić information content (AvgIpc) is 2.73. The van der Waals surface area contributed by atoms with Crippen LogP contribution in [0.1, 0.15) is 30.0 Å².